The van der Waals surface area contributed by atoms with Gasteiger partial charge >= 0.3 is 0 Å². The first-order valence-corrected chi connectivity index (χ1v) is 3.69. The average molecular weight is 166 g/mol. The number of aliphatic hydroxyl groups excluding tert-OH is 1. The van der Waals surface area contributed by atoms with Crippen LogP contribution >= 0.6 is 12.4 Å². The van der Waals surface area contributed by atoms with Crippen LogP contribution in [0.1, 0.15) is 25.7 Å². The van der Waals surface area contributed by atoms with Gasteiger partial charge < -0.3 is 10.8 Å². The molecule has 1 aliphatic carbocycles. The molecule has 0 aromatic carbocycles. The Morgan fingerprint density at radius 3 is 2.50 bits per heavy atom. The van der Waals surface area contributed by atoms with Crippen molar-refractivity contribution in [1.82, 2.24) is 0 Å². The molecular formula is C7H16ClNO. The summed E-state index contributed by atoms with van der Waals surface area (Å²) in [7, 11) is 0. The average Bonchev–Trinajstić information content (AvgIpc) is 1.88. The van der Waals surface area contributed by atoms with E-state index in [4.69, 9.17) is 10.8 Å². The highest BCUT2D eigenvalue weighted by Gasteiger charge is 2.17. The van der Waals surface area contributed by atoms with Crippen molar-refractivity contribution in [3.05, 3.63) is 0 Å². The van der Waals surface area contributed by atoms with Crippen molar-refractivity contribution in [3.63, 3.8) is 0 Å². The number of rotatable bonds is 1. The molecule has 0 saturated heterocycles. The summed E-state index contributed by atoms with van der Waals surface area (Å²) < 4.78 is 0. The van der Waals surface area contributed by atoms with E-state index in [2.05, 4.69) is 0 Å². The second-order valence-corrected chi connectivity index (χ2v) is 2.98. The molecule has 0 aliphatic heterocycles. The van der Waals surface area contributed by atoms with Crippen LogP contribution in [0.4, 0.5) is 0 Å². The topological polar surface area (TPSA) is 46.2 Å². The van der Waals surface area contributed by atoms with Gasteiger partial charge in [-0.05, 0) is 25.2 Å². The highest BCUT2D eigenvalue weighted by Crippen LogP contribution is 2.21. The fourth-order valence-corrected chi connectivity index (χ4v) is 1.50. The minimum atomic E-state index is 0. The van der Waals surface area contributed by atoms with Crippen molar-refractivity contribution >= 4 is 12.4 Å². The van der Waals surface area contributed by atoms with Crippen molar-refractivity contribution in [2.75, 3.05) is 6.61 Å². The molecule has 0 heterocycles. The summed E-state index contributed by atoms with van der Waals surface area (Å²) in [4.78, 5) is 0. The van der Waals surface area contributed by atoms with Crippen molar-refractivity contribution in [2.45, 2.75) is 31.7 Å². The molecule has 10 heavy (non-hydrogen) atoms. The largest absolute Gasteiger partial charge is 0.396 e. The van der Waals surface area contributed by atoms with Gasteiger partial charge in [0, 0.05) is 12.6 Å². The molecule has 2 atom stereocenters. The zero-order chi connectivity index (χ0) is 6.69. The van der Waals surface area contributed by atoms with Crippen LogP contribution < -0.4 is 5.73 Å². The van der Waals surface area contributed by atoms with E-state index in [9.17, 15) is 0 Å². The maximum absolute atomic E-state index is 8.75. The summed E-state index contributed by atoms with van der Waals surface area (Å²) in [5.74, 6) is 0.494. The second kappa shape index (κ2) is 4.94. The van der Waals surface area contributed by atoms with Gasteiger partial charge in [-0.3, -0.25) is 0 Å². The zero-order valence-electron chi connectivity index (χ0n) is 6.12. The molecule has 0 aromatic rings. The lowest BCUT2D eigenvalue weighted by Gasteiger charge is -2.24. The Bertz CT molecular complexity index is 89.7. The van der Waals surface area contributed by atoms with Crippen LogP contribution in [0.2, 0.25) is 0 Å². The zero-order valence-corrected chi connectivity index (χ0v) is 6.94. The van der Waals surface area contributed by atoms with Crippen LogP contribution in [0, 0.1) is 5.92 Å². The second-order valence-electron chi connectivity index (χ2n) is 2.98. The van der Waals surface area contributed by atoms with Gasteiger partial charge in [-0.25, -0.2) is 0 Å². The van der Waals surface area contributed by atoms with Crippen molar-refractivity contribution in [3.8, 4) is 0 Å². The molecule has 1 aliphatic rings. The lowest BCUT2D eigenvalue weighted by atomic mass is 9.87. The quantitative estimate of drug-likeness (QED) is 0.607. The Balaban J connectivity index is 0.000000810. The lowest BCUT2D eigenvalue weighted by Crippen LogP contribution is -2.29. The van der Waals surface area contributed by atoms with Gasteiger partial charge in [0.25, 0.3) is 0 Å². The lowest BCUT2D eigenvalue weighted by molar-refractivity contribution is 0.180. The molecule has 0 unspecified atom stereocenters. The van der Waals surface area contributed by atoms with Gasteiger partial charge in [0.15, 0.2) is 0 Å². The van der Waals surface area contributed by atoms with E-state index in [1.165, 1.54) is 12.8 Å². The number of aliphatic hydroxyl groups is 1. The van der Waals surface area contributed by atoms with Crippen LogP contribution in [-0.2, 0) is 0 Å². The smallest absolute Gasteiger partial charge is 0.0459 e. The van der Waals surface area contributed by atoms with E-state index in [-0.39, 0.29) is 12.4 Å². The minimum Gasteiger partial charge on any atom is -0.396 e. The van der Waals surface area contributed by atoms with E-state index in [0.29, 0.717) is 18.6 Å². The fraction of sp³-hybridized carbons (Fsp3) is 1.00. The summed E-state index contributed by atoms with van der Waals surface area (Å²) in [6.07, 6.45) is 4.55. The third-order valence-corrected chi connectivity index (χ3v) is 2.08. The first-order chi connectivity index (χ1) is 4.33. The molecular weight excluding hydrogens is 150 g/mol. The summed E-state index contributed by atoms with van der Waals surface area (Å²) in [6.45, 7) is 0.327. The van der Waals surface area contributed by atoms with Crippen molar-refractivity contribution < 1.29 is 5.11 Å². The third-order valence-electron chi connectivity index (χ3n) is 2.08. The summed E-state index contributed by atoms with van der Waals surface area (Å²) in [5.41, 5.74) is 5.69. The highest BCUT2D eigenvalue weighted by molar-refractivity contribution is 5.85. The molecule has 2 nitrogen and oxygen atoms in total. The molecule has 62 valence electrons. The van der Waals surface area contributed by atoms with E-state index < -0.39 is 0 Å². The Hall–Kier alpha value is 0.210. The highest BCUT2D eigenvalue weighted by atomic mass is 35.5. The van der Waals surface area contributed by atoms with Crippen LogP contribution in [0.25, 0.3) is 0 Å². The van der Waals surface area contributed by atoms with Gasteiger partial charge in [-0.1, -0.05) is 6.42 Å². The van der Waals surface area contributed by atoms with E-state index in [1.54, 1.807) is 0 Å². The van der Waals surface area contributed by atoms with Crippen molar-refractivity contribution in [2.24, 2.45) is 11.7 Å². The maximum Gasteiger partial charge on any atom is 0.0459 e. The SMILES string of the molecule is Cl.N[C@H]1CCC[C@H](CO)C1. The minimum absolute atomic E-state index is 0. The molecule has 3 N–H and O–H groups in total. The van der Waals surface area contributed by atoms with E-state index in [1.807, 2.05) is 0 Å². The number of hydrogen-bond acceptors (Lipinski definition) is 2. The van der Waals surface area contributed by atoms with E-state index >= 15 is 0 Å². The molecule has 0 bridgehead atoms. The maximum atomic E-state index is 8.75. The Morgan fingerprint density at radius 2 is 2.10 bits per heavy atom. The fourth-order valence-electron chi connectivity index (χ4n) is 1.50. The Morgan fingerprint density at radius 1 is 1.40 bits per heavy atom. The third kappa shape index (κ3) is 2.86. The summed E-state index contributed by atoms with van der Waals surface area (Å²) in [5, 5.41) is 8.75. The summed E-state index contributed by atoms with van der Waals surface area (Å²) in [6, 6.07) is 0.357. The van der Waals surface area contributed by atoms with Gasteiger partial charge in [-0.15, -0.1) is 12.4 Å². The molecule has 0 radical (unpaired) electrons. The van der Waals surface area contributed by atoms with Crippen LogP contribution in [0.5, 0.6) is 0 Å². The van der Waals surface area contributed by atoms with Crippen LogP contribution in [-0.4, -0.2) is 17.8 Å². The van der Waals surface area contributed by atoms with Gasteiger partial charge in [0.1, 0.15) is 0 Å². The number of nitrogens with two attached hydrogens (primary N) is 1. The Labute approximate surface area is 68.2 Å². The molecule has 3 heteroatoms. The van der Waals surface area contributed by atoms with E-state index in [0.717, 1.165) is 12.8 Å². The molecule has 0 spiro atoms. The molecule has 0 amide bonds. The molecule has 1 saturated carbocycles. The number of hydrogen-bond donors (Lipinski definition) is 2. The first kappa shape index (κ1) is 10.2. The predicted molar refractivity (Wildman–Crippen MR) is 44.3 cm³/mol. The van der Waals surface area contributed by atoms with Gasteiger partial charge in [0.05, 0.1) is 0 Å². The predicted octanol–water partition coefficient (Wildman–Crippen LogP) is 0.918. The molecule has 1 rings (SSSR count). The number of halogens is 1. The summed E-state index contributed by atoms with van der Waals surface area (Å²) >= 11 is 0. The molecule has 1 fully saturated rings. The normalized spacial score (nSPS) is 33.0. The standard InChI is InChI=1S/C7H15NO.ClH/c8-7-3-1-2-6(4-7)5-9;/h6-7,9H,1-5,8H2;1H/t6-,7-;/m0./s1. The monoisotopic (exact) mass is 165 g/mol. The van der Waals surface area contributed by atoms with Crippen molar-refractivity contribution in [1.29, 1.82) is 0 Å². The van der Waals surface area contributed by atoms with Crippen LogP contribution in [0.15, 0.2) is 0 Å². The van der Waals surface area contributed by atoms with Gasteiger partial charge in [0.2, 0.25) is 0 Å². The molecule has 0 aromatic heterocycles. The van der Waals surface area contributed by atoms with Gasteiger partial charge in [-0.2, -0.15) is 0 Å². The van der Waals surface area contributed by atoms with Crippen LogP contribution in [0.3, 0.4) is 0 Å². The Kier molecular flexibility index (Phi) is 5.04. The first-order valence-electron chi connectivity index (χ1n) is 3.69.